The molecule has 1 saturated heterocycles. The Bertz CT molecular complexity index is 477. The highest BCUT2D eigenvalue weighted by Crippen LogP contribution is 2.17. The molecular weight excluding hydrogens is 296 g/mol. The zero-order chi connectivity index (χ0) is 16.0. The van der Waals surface area contributed by atoms with Crippen molar-refractivity contribution >= 4 is 21.7 Å². The van der Waals surface area contributed by atoms with Gasteiger partial charge in [0.1, 0.15) is 0 Å². The molecule has 1 aliphatic heterocycles. The number of carboxylic acids is 1. The second kappa shape index (κ2) is 7.74. The summed E-state index contributed by atoms with van der Waals surface area (Å²) in [4.78, 5) is 24.3. The molecular formula is C13H24N2O5S. The molecule has 0 saturated carbocycles. The lowest BCUT2D eigenvalue weighted by atomic mass is 10.2. The van der Waals surface area contributed by atoms with Crippen LogP contribution < -0.4 is 5.32 Å². The Morgan fingerprint density at radius 1 is 1.38 bits per heavy atom. The number of nitrogens with zero attached hydrogens (tertiary/aromatic N) is 1. The molecule has 7 nitrogen and oxygen atoms in total. The Labute approximate surface area is 125 Å². The highest BCUT2D eigenvalue weighted by molar-refractivity contribution is 7.91. The van der Waals surface area contributed by atoms with Gasteiger partial charge in [-0.3, -0.25) is 14.5 Å². The van der Waals surface area contributed by atoms with Crippen LogP contribution in [0.3, 0.4) is 0 Å². The number of hydrogen-bond acceptors (Lipinski definition) is 5. The smallest absolute Gasteiger partial charge is 0.317 e. The number of hydrogen-bond donors (Lipinski definition) is 2. The van der Waals surface area contributed by atoms with Crippen molar-refractivity contribution in [2.45, 2.75) is 45.2 Å². The second-order valence-electron chi connectivity index (χ2n) is 5.61. The maximum atomic E-state index is 11.9. The number of carboxylic acid groups (broad SMARTS) is 1. The van der Waals surface area contributed by atoms with Crippen molar-refractivity contribution in [3.8, 4) is 0 Å². The normalized spacial score (nSPS) is 22.1. The van der Waals surface area contributed by atoms with Crippen LogP contribution in [-0.4, -0.2) is 67.0 Å². The minimum atomic E-state index is -3.11. The standard InChI is InChI=1S/C13H24N2O5S/c1-3-4-10(2)14-12(16)7-15(8-13(17)18)11-5-6-21(19,20)9-11/h10-11H,3-9H2,1-2H3,(H,14,16)(H,17,18). The van der Waals surface area contributed by atoms with E-state index >= 15 is 0 Å². The first kappa shape index (κ1) is 17.9. The van der Waals surface area contributed by atoms with Gasteiger partial charge in [0, 0.05) is 12.1 Å². The summed E-state index contributed by atoms with van der Waals surface area (Å²) < 4.78 is 23.0. The van der Waals surface area contributed by atoms with E-state index in [0.717, 1.165) is 12.8 Å². The number of aliphatic carboxylic acids is 1. The van der Waals surface area contributed by atoms with Crippen LogP contribution in [0.5, 0.6) is 0 Å². The first-order valence-corrected chi connectivity index (χ1v) is 9.01. The van der Waals surface area contributed by atoms with Gasteiger partial charge < -0.3 is 10.4 Å². The molecule has 1 rings (SSSR count). The van der Waals surface area contributed by atoms with E-state index in [4.69, 9.17) is 5.11 Å². The van der Waals surface area contributed by atoms with Crippen molar-refractivity contribution < 1.29 is 23.1 Å². The summed E-state index contributed by atoms with van der Waals surface area (Å²) in [6.45, 7) is 3.50. The highest BCUT2D eigenvalue weighted by atomic mass is 32.2. The molecule has 2 atom stereocenters. The van der Waals surface area contributed by atoms with Crippen LogP contribution in [0.4, 0.5) is 0 Å². The van der Waals surface area contributed by atoms with Crippen LogP contribution in [0.1, 0.15) is 33.1 Å². The van der Waals surface area contributed by atoms with E-state index in [0.29, 0.717) is 6.42 Å². The molecule has 1 fully saturated rings. The fourth-order valence-corrected chi connectivity index (χ4v) is 4.32. The maximum absolute atomic E-state index is 11.9. The van der Waals surface area contributed by atoms with Gasteiger partial charge in [0.15, 0.2) is 9.84 Å². The predicted molar refractivity (Wildman–Crippen MR) is 78.8 cm³/mol. The van der Waals surface area contributed by atoms with Gasteiger partial charge in [0.2, 0.25) is 5.91 Å². The molecule has 0 aromatic carbocycles. The van der Waals surface area contributed by atoms with Crippen molar-refractivity contribution in [3.05, 3.63) is 0 Å². The molecule has 0 aromatic heterocycles. The van der Waals surface area contributed by atoms with Crippen LogP contribution >= 0.6 is 0 Å². The first-order valence-electron chi connectivity index (χ1n) is 7.19. The summed E-state index contributed by atoms with van der Waals surface area (Å²) >= 11 is 0. The van der Waals surface area contributed by atoms with Crippen molar-refractivity contribution in [1.82, 2.24) is 10.2 Å². The average Bonchev–Trinajstić information content (AvgIpc) is 2.68. The topological polar surface area (TPSA) is 104 Å². The zero-order valence-electron chi connectivity index (χ0n) is 12.5. The number of carbonyl (C=O) groups is 2. The summed E-state index contributed by atoms with van der Waals surface area (Å²) in [5, 5.41) is 11.7. The average molecular weight is 320 g/mol. The summed E-state index contributed by atoms with van der Waals surface area (Å²) in [5.41, 5.74) is 0. The molecule has 0 spiro atoms. The highest BCUT2D eigenvalue weighted by Gasteiger charge is 2.34. The molecule has 122 valence electrons. The van der Waals surface area contributed by atoms with Gasteiger partial charge in [0.25, 0.3) is 0 Å². The predicted octanol–water partition coefficient (Wildman–Crippen LogP) is -0.135. The lowest BCUT2D eigenvalue weighted by molar-refractivity contribution is -0.139. The van der Waals surface area contributed by atoms with Crippen LogP contribution in [0, 0.1) is 0 Å². The molecule has 0 aromatic rings. The van der Waals surface area contributed by atoms with Gasteiger partial charge in [-0.15, -0.1) is 0 Å². The van der Waals surface area contributed by atoms with E-state index < -0.39 is 21.8 Å². The van der Waals surface area contributed by atoms with E-state index in [-0.39, 0.29) is 36.5 Å². The minimum absolute atomic E-state index is 0.0292. The molecule has 21 heavy (non-hydrogen) atoms. The maximum Gasteiger partial charge on any atom is 0.317 e. The van der Waals surface area contributed by atoms with Crippen molar-refractivity contribution in [3.63, 3.8) is 0 Å². The largest absolute Gasteiger partial charge is 0.480 e. The Balaban J connectivity index is 2.62. The molecule has 1 aliphatic rings. The summed E-state index contributed by atoms with van der Waals surface area (Å²) in [6, 6.07) is -0.361. The van der Waals surface area contributed by atoms with Gasteiger partial charge in [-0.1, -0.05) is 13.3 Å². The Hall–Kier alpha value is -1.15. The van der Waals surface area contributed by atoms with Crippen LogP contribution in [-0.2, 0) is 19.4 Å². The van der Waals surface area contributed by atoms with Crippen molar-refractivity contribution in [2.24, 2.45) is 0 Å². The Morgan fingerprint density at radius 3 is 2.52 bits per heavy atom. The molecule has 0 bridgehead atoms. The van der Waals surface area contributed by atoms with E-state index in [2.05, 4.69) is 5.32 Å². The van der Waals surface area contributed by atoms with Gasteiger partial charge in [-0.25, -0.2) is 8.42 Å². The molecule has 1 amide bonds. The summed E-state index contributed by atoms with van der Waals surface area (Å²) in [7, 11) is -3.11. The number of nitrogens with one attached hydrogen (secondary N) is 1. The molecule has 0 aliphatic carbocycles. The van der Waals surface area contributed by atoms with E-state index in [1.807, 2.05) is 13.8 Å². The quantitative estimate of drug-likeness (QED) is 0.645. The van der Waals surface area contributed by atoms with Crippen LogP contribution in [0.15, 0.2) is 0 Å². The molecule has 8 heteroatoms. The minimum Gasteiger partial charge on any atom is -0.480 e. The van der Waals surface area contributed by atoms with Crippen LogP contribution in [0.25, 0.3) is 0 Å². The molecule has 2 unspecified atom stereocenters. The lowest BCUT2D eigenvalue weighted by Crippen LogP contribution is -2.47. The first-order chi connectivity index (χ1) is 9.73. The summed E-state index contributed by atoms with van der Waals surface area (Å²) in [6.07, 6.45) is 2.18. The zero-order valence-corrected chi connectivity index (χ0v) is 13.4. The third-order valence-electron chi connectivity index (χ3n) is 3.54. The van der Waals surface area contributed by atoms with Crippen molar-refractivity contribution in [2.75, 3.05) is 24.6 Å². The number of sulfone groups is 1. The van der Waals surface area contributed by atoms with Crippen molar-refractivity contribution in [1.29, 1.82) is 0 Å². The molecule has 1 heterocycles. The lowest BCUT2D eigenvalue weighted by Gasteiger charge is -2.26. The van der Waals surface area contributed by atoms with E-state index in [1.165, 1.54) is 4.90 Å². The Kier molecular flexibility index (Phi) is 6.60. The van der Waals surface area contributed by atoms with Gasteiger partial charge in [-0.05, 0) is 19.8 Å². The Morgan fingerprint density at radius 2 is 2.05 bits per heavy atom. The fraction of sp³-hybridized carbons (Fsp3) is 0.846. The number of rotatable bonds is 8. The number of carbonyl (C=O) groups excluding carboxylic acids is 1. The van der Waals surface area contributed by atoms with Gasteiger partial charge in [0.05, 0.1) is 24.6 Å². The van der Waals surface area contributed by atoms with E-state index in [1.54, 1.807) is 0 Å². The third kappa shape index (κ3) is 6.43. The van der Waals surface area contributed by atoms with Crippen LogP contribution in [0.2, 0.25) is 0 Å². The SMILES string of the molecule is CCCC(C)NC(=O)CN(CC(=O)O)C1CCS(=O)(=O)C1. The third-order valence-corrected chi connectivity index (χ3v) is 5.29. The molecule has 2 N–H and O–H groups in total. The fourth-order valence-electron chi connectivity index (χ4n) is 2.56. The summed E-state index contributed by atoms with van der Waals surface area (Å²) in [5.74, 6) is -1.34. The van der Waals surface area contributed by atoms with Gasteiger partial charge in [-0.2, -0.15) is 0 Å². The monoisotopic (exact) mass is 320 g/mol. The second-order valence-corrected chi connectivity index (χ2v) is 7.84. The number of amides is 1. The molecule has 0 radical (unpaired) electrons. The van der Waals surface area contributed by atoms with Gasteiger partial charge >= 0.3 is 5.97 Å². The van der Waals surface area contributed by atoms with E-state index in [9.17, 15) is 18.0 Å².